The van der Waals surface area contributed by atoms with E-state index in [1.165, 1.54) is 26.3 Å². The molecule has 1 fully saturated rings. The molecule has 1 aliphatic rings. The second-order valence-corrected chi connectivity index (χ2v) is 5.47. The van der Waals surface area contributed by atoms with Crippen molar-refractivity contribution in [3.8, 4) is 0 Å². The van der Waals surface area contributed by atoms with Crippen molar-refractivity contribution < 1.29 is 28.6 Å². The molecule has 10 nitrogen and oxygen atoms in total. The summed E-state index contributed by atoms with van der Waals surface area (Å²) in [6.45, 7) is 1.44. The first kappa shape index (κ1) is 20.0. The van der Waals surface area contributed by atoms with Gasteiger partial charge in [0.05, 0.1) is 6.10 Å². The third-order valence-electron chi connectivity index (χ3n) is 3.31. The van der Waals surface area contributed by atoms with Crippen molar-refractivity contribution in [2.75, 3.05) is 12.8 Å². The van der Waals surface area contributed by atoms with Gasteiger partial charge in [-0.25, -0.2) is 4.79 Å². The molecular weight excluding hydrogens is 349 g/mol. The van der Waals surface area contributed by atoms with Crippen LogP contribution in [0.1, 0.15) is 13.2 Å². The van der Waals surface area contributed by atoms with Crippen LogP contribution >= 0.6 is 21.8 Å². The molecule has 1 aliphatic heterocycles. The van der Waals surface area contributed by atoms with Gasteiger partial charge in [0.15, 0.2) is 12.3 Å². The molecule has 2 heterocycles. The van der Waals surface area contributed by atoms with Gasteiger partial charge >= 0.3 is 13.9 Å². The van der Waals surface area contributed by atoms with Crippen LogP contribution in [0.15, 0.2) is 17.1 Å². The molecule has 2 rings (SSSR count). The highest BCUT2D eigenvalue weighted by Crippen LogP contribution is 2.38. The van der Waals surface area contributed by atoms with Crippen molar-refractivity contribution in [2.45, 2.75) is 37.6 Å². The topological polar surface area (TPSA) is 146 Å². The number of hydrogen-bond donors (Lipinski definition) is 3. The van der Waals surface area contributed by atoms with E-state index >= 15 is 0 Å². The van der Waals surface area contributed by atoms with Gasteiger partial charge in [-0.05, 0) is 13.0 Å². The van der Waals surface area contributed by atoms with Gasteiger partial charge in [0.25, 0.3) is 0 Å². The van der Waals surface area contributed by atoms with Crippen molar-refractivity contribution in [2.24, 2.45) is 0 Å². The highest BCUT2D eigenvalue weighted by molar-refractivity contribution is 7.59. The lowest BCUT2D eigenvalue weighted by molar-refractivity contribution is -0.0816. The number of methoxy groups -OCH3 is 1. The maximum atomic E-state index is 11.9. The minimum atomic E-state index is -2.94. The standard InChI is InChI=1S/C11H16N3O7P.H2S/c1-5(15)7-8(21-22(17)18)9(19-2)10(20-7)14-4-3-6(12)13-11(14)16;/h3-5,7-10,15H,1-2H3,(H2-,12,13,16,17,18);1H2/p+1/t5-,7+,8-,9?,10+;/m0./s1. The van der Waals surface area contributed by atoms with Gasteiger partial charge < -0.3 is 20.3 Å². The van der Waals surface area contributed by atoms with E-state index in [2.05, 4.69) is 4.98 Å². The first-order chi connectivity index (χ1) is 10.3. The zero-order valence-electron chi connectivity index (χ0n) is 12.4. The second-order valence-electron chi connectivity index (χ2n) is 4.78. The van der Waals surface area contributed by atoms with Crippen LogP contribution in [0.5, 0.6) is 0 Å². The molecule has 1 aromatic heterocycles. The number of nitrogen functional groups attached to an aromatic ring is 1. The summed E-state index contributed by atoms with van der Waals surface area (Å²) in [6, 6.07) is 1.40. The Kier molecular flexibility index (Phi) is 7.08. The van der Waals surface area contributed by atoms with Gasteiger partial charge in [-0.1, -0.05) is 0 Å². The molecule has 1 aromatic rings. The Labute approximate surface area is 139 Å². The first-order valence-corrected chi connectivity index (χ1v) is 7.52. The minimum absolute atomic E-state index is 0. The number of rotatable bonds is 5. The van der Waals surface area contributed by atoms with Crippen molar-refractivity contribution in [3.05, 3.63) is 22.7 Å². The molecule has 23 heavy (non-hydrogen) atoms. The fourth-order valence-corrected chi connectivity index (χ4v) is 2.82. The molecule has 6 atom stereocenters. The highest BCUT2D eigenvalue weighted by atomic mass is 32.1. The van der Waals surface area contributed by atoms with Gasteiger partial charge in [-0.2, -0.15) is 18.5 Å². The molecule has 2 unspecified atom stereocenters. The van der Waals surface area contributed by atoms with Crippen LogP contribution in [-0.2, 0) is 18.6 Å². The third-order valence-corrected chi connectivity index (χ3v) is 3.73. The van der Waals surface area contributed by atoms with Crippen LogP contribution in [-0.4, -0.2) is 51.1 Å². The van der Waals surface area contributed by atoms with Crippen molar-refractivity contribution in [1.82, 2.24) is 9.55 Å². The van der Waals surface area contributed by atoms with Crippen LogP contribution in [0.25, 0.3) is 0 Å². The molecule has 4 N–H and O–H groups in total. The summed E-state index contributed by atoms with van der Waals surface area (Å²) in [6.07, 6.45) is -3.51. The monoisotopic (exact) mass is 368 g/mol. The Morgan fingerprint density at radius 3 is 2.65 bits per heavy atom. The van der Waals surface area contributed by atoms with E-state index in [-0.39, 0.29) is 19.3 Å². The summed E-state index contributed by atoms with van der Waals surface area (Å²) in [5, 5.41) is 9.77. The predicted octanol–water partition coefficient (Wildman–Crippen LogP) is -0.734. The number of aliphatic hydroxyl groups excluding tert-OH is 1. The lowest BCUT2D eigenvalue weighted by Gasteiger charge is -2.19. The van der Waals surface area contributed by atoms with Crippen molar-refractivity contribution in [3.63, 3.8) is 0 Å². The molecular formula is C11H19N3O7PS+. The summed E-state index contributed by atoms with van der Waals surface area (Å²) in [5.74, 6) is 0.0477. The largest absolute Gasteiger partial charge is 0.695 e. The van der Waals surface area contributed by atoms with Crippen LogP contribution in [0.2, 0.25) is 0 Å². The smallest absolute Gasteiger partial charge is 0.391 e. The summed E-state index contributed by atoms with van der Waals surface area (Å²) < 4.78 is 27.8. The fraction of sp³-hybridized carbons (Fsp3) is 0.636. The normalized spacial score (nSPS) is 29.0. The van der Waals surface area contributed by atoms with E-state index in [0.717, 1.165) is 4.57 Å². The Morgan fingerprint density at radius 2 is 2.17 bits per heavy atom. The zero-order valence-corrected chi connectivity index (χ0v) is 14.3. The number of ether oxygens (including phenoxy) is 2. The predicted molar refractivity (Wildman–Crippen MR) is 84.4 cm³/mol. The van der Waals surface area contributed by atoms with Crippen LogP contribution in [0.3, 0.4) is 0 Å². The van der Waals surface area contributed by atoms with Gasteiger partial charge in [-0.15, -0.1) is 9.42 Å². The molecule has 0 aromatic carbocycles. The average molecular weight is 368 g/mol. The second kappa shape index (κ2) is 8.15. The molecule has 130 valence electrons. The van der Waals surface area contributed by atoms with Crippen LogP contribution in [0, 0.1) is 0 Å². The van der Waals surface area contributed by atoms with E-state index in [4.69, 9.17) is 24.6 Å². The molecule has 0 aliphatic carbocycles. The molecule has 0 radical (unpaired) electrons. The summed E-state index contributed by atoms with van der Waals surface area (Å²) in [7, 11) is -1.60. The Bertz CT molecular complexity index is 614. The summed E-state index contributed by atoms with van der Waals surface area (Å²) in [5.41, 5.74) is 4.75. The van der Waals surface area contributed by atoms with Crippen molar-refractivity contribution >= 4 is 27.6 Å². The molecule has 0 spiro atoms. The van der Waals surface area contributed by atoms with Gasteiger partial charge in [0, 0.05) is 17.9 Å². The molecule has 1 saturated heterocycles. The Hall–Kier alpha value is -1.07. The maximum Gasteiger partial charge on any atom is 0.695 e. The first-order valence-electron chi connectivity index (χ1n) is 6.39. The number of aromatic nitrogens is 2. The zero-order chi connectivity index (χ0) is 16.4. The van der Waals surface area contributed by atoms with Gasteiger partial charge in [-0.3, -0.25) is 4.57 Å². The molecule has 0 amide bonds. The van der Waals surface area contributed by atoms with Crippen molar-refractivity contribution in [1.29, 1.82) is 0 Å². The highest BCUT2D eigenvalue weighted by Gasteiger charge is 2.52. The number of nitrogens with two attached hydrogens (primary N) is 1. The quantitative estimate of drug-likeness (QED) is 0.572. The van der Waals surface area contributed by atoms with E-state index < -0.39 is 44.6 Å². The summed E-state index contributed by atoms with van der Waals surface area (Å²) in [4.78, 5) is 24.5. The van der Waals surface area contributed by atoms with E-state index in [1.54, 1.807) is 0 Å². The van der Waals surface area contributed by atoms with Crippen LogP contribution < -0.4 is 11.4 Å². The number of nitrogens with zero attached hydrogens (tertiary/aromatic N) is 2. The average Bonchev–Trinajstić information content (AvgIpc) is 2.76. The third kappa shape index (κ3) is 4.27. The molecule has 0 saturated carbocycles. The van der Waals surface area contributed by atoms with Gasteiger partial charge in [0.1, 0.15) is 18.0 Å². The van der Waals surface area contributed by atoms with Crippen LogP contribution in [0.4, 0.5) is 5.82 Å². The van der Waals surface area contributed by atoms with E-state index in [1.807, 2.05) is 0 Å². The molecule has 0 bridgehead atoms. The lowest BCUT2D eigenvalue weighted by Crippen LogP contribution is -2.40. The SMILES string of the molecule is COC1[C@@H](O[P+](=O)O)[C@@H]([C@H](C)O)O[C@H]1n1ccc(N)nc1=O.S. The maximum absolute atomic E-state index is 11.9. The molecule has 12 heteroatoms. The number of aliphatic hydroxyl groups is 1. The Morgan fingerprint density at radius 1 is 1.52 bits per heavy atom. The van der Waals surface area contributed by atoms with E-state index in [9.17, 15) is 14.5 Å². The van der Waals surface area contributed by atoms with Gasteiger partial charge in [0.2, 0.25) is 0 Å². The summed E-state index contributed by atoms with van der Waals surface area (Å²) >= 11 is 0. The minimum Gasteiger partial charge on any atom is -0.391 e. The van der Waals surface area contributed by atoms with E-state index in [0.29, 0.717) is 0 Å². The lowest BCUT2D eigenvalue weighted by atomic mass is 10.1. The fourth-order valence-electron chi connectivity index (χ4n) is 2.37. The number of hydrogen-bond acceptors (Lipinski definition) is 8. The Balaban J connectivity index is 0.00000264. The number of anilines is 1.